The van der Waals surface area contributed by atoms with Crippen molar-refractivity contribution in [2.75, 3.05) is 39.3 Å². The lowest BCUT2D eigenvalue weighted by Crippen LogP contribution is -2.55. The lowest BCUT2D eigenvalue weighted by Gasteiger charge is -2.35. The van der Waals surface area contributed by atoms with Gasteiger partial charge in [-0.1, -0.05) is 23.7 Å². The molecule has 11 heteroatoms. The number of rotatable bonds is 9. The second-order valence-corrected chi connectivity index (χ2v) is 10.8. The largest absolute Gasteiger partial charge is 0.491 e. The average molecular weight is 573 g/mol. The molecular formula is C29H31ClF2N4O4. The highest BCUT2D eigenvalue weighted by molar-refractivity contribution is 6.31. The van der Waals surface area contributed by atoms with Gasteiger partial charge < -0.3 is 14.4 Å². The Morgan fingerprint density at radius 3 is 2.65 bits per heavy atom. The molecule has 1 aliphatic heterocycles. The summed E-state index contributed by atoms with van der Waals surface area (Å²) in [5.41, 5.74) is 3.16. The summed E-state index contributed by atoms with van der Waals surface area (Å²) in [7, 11) is 0. The number of fused-ring (bicyclic) bond motifs is 1. The van der Waals surface area contributed by atoms with Crippen LogP contribution < -0.4 is 15.6 Å². The van der Waals surface area contributed by atoms with Crippen molar-refractivity contribution in [2.45, 2.75) is 25.5 Å². The first-order valence-electron chi connectivity index (χ1n) is 13.2. The third kappa shape index (κ3) is 6.05. The van der Waals surface area contributed by atoms with E-state index in [1.165, 1.54) is 18.3 Å². The van der Waals surface area contributed by atoms with Gasteiger partial charge in [0.25, 0.3) is 5.91 Å². The minimum atomic E-state index is -0.780. The molecule has 8 nitrogen and oxygen atoms in total. The van der Waals surface area contributed by atoms with Crippen LogP contribution in [-0.4, -0.2) is 70.9 Å². The molecule has 2 aliphatic rings. The van der Waals surface area contributed by atoms with Crippen LogP contribution in [0.5, 0.6) is 5.75 Å². The molecule has 2 fully saturated rings. The number of halogens is 3. The first kappa shape index (κ1) is 28.2. The van der Waals surface area contributed by atoms with Gasteiger partial charge in [0, 0.05) is 56.4 Å². The number of allylic oxidation sites excluding steroid dienone is 1. The number of nitrogens with zero attached hydrogens (tertiary/aromatic N) is 3. The minimum Gasteiger partial charge on any atom is -0.491 e. The summed E-state index contributed by atoms with van der Waals surface area (Å²) < 4.78 is 35.3. The van der Waals surface area contributed by atoms with Crippen molar-refractivity contribution in [2.24, 2.45) is 5.92 Å². The van der Waals surface area contributed by atoms with Crippen LogP contribution in [0.15, 0.2) is 54.0 Å². The Labute approximate surface area is 235 Å². The molecule has 40 heavy (non-hydrogen) atoms. The number of hydrogen-bond donors (Lipinski definition) is 2. The zero-order chi connectivity index (χ0) is 28.6. The van der Waals surface area contributed by atoms with Crippen LogP contribution in [0.1, 0.15) is 28.4 Å². The zero-order valence-corrected chi connectivity index (χ0v) is 22.8. The Kier molecular flexibility index (Phi) is 8.23. The van der Waals surface area contributed by atoms with Crippen LogP contribution >= 0.6 is 11.6 Å². The normalized spacial score (nSPS) is 20.3. The third-order valence-electron chi connectivity index (χ3n) is 7.47. The summed E-state index contributed by atoms with van der Waals surface area (Å²) in [4.78, 5) is 28.4. The molecule has 0 bridgehead atoms. The van der Waals surface area contributed by atoms with E-state index in [4.69, 9.17) is 16.3 Å². The Morgan fingerprint density at radius 1 is 1.23 bits per heavy atom. The third-order valence-corrected chi connectivity index (χ3v) is 7.76. The second-order valence-electron chi connectivity index (χ2n) is 10.4. The maximum absolute atomic E-state index is 14.3. The Balaban J connectivity index is 1.19. The molecule has 2 N–H and O–H groups in total. The minimum absolute atomic E-state index is 0.0117. The number of carbonyl (C=O) groups is 1. The number of carbonyl (C=O) groups excluding carboxylic acids is 1. The van der Waals surface area contributed by atoms with E-state index in [-0.39, 0.29) is 40.4 Å². The summed E-state index contributed by atoms with van der Waals surface area (Å²) in [6.45, 7) is 7.92. The highest BCUT2D eigenvalue weighted by atomic mass is 35.5. The standard InChI is InChI=1S/C29H31ClF2N4O4/c1-3-18-10-26(18)36-15-22(28(38)21-12-25(32)23(30)13-27(21)36)29(39)33-35-8-6-34(7-9-35)14-19(37)16-40-20-5-4-17(2)24(31)11-20/h3-5,11-13,15,18-19,26,37H,1,6-10,14,16H2,2H3,(H,33,39)/t18?,19-,26?/m0/s1. The number of hydrazine groups is 1. The number of aryl methyl sites for hydroxylation is 1. The highest BCUT2D eigenvalue weighted by Gasteiger charge is 2.37. The molecule has 1 aliphatic carbocycles. The lowest BCUT2D eigenvalue weighted by molar-refractivity contribution is 0.0316. The maximum atomic E-state index is 14.3. The van der Waals surface area contributed by atoms with Crippen molar-refractivity contribution >= 4 is 28.4 Å². The molecule has 1 amide bonds. The fourth-order valence-electron chi connectivity index (χ4n) is 5.01. The molecule has 212 valence electrons. The first-order chi connectivity index (χ1) is 19.1. The number of benzene rings is 2. The molecule has 0 radical (unpaired) electrons. The SMILES string of the molecule is C=CC1CC1n1cc(C(=O)NN2CCN(C[C@H](O)COc3ccc(C)c(F)c3)CC2)c(=O)c2cc(F)c(Cl)cc21. The number of hydrogen-bond acceptors (Lipinski definition) is 6. The van der Waals surface area contributed by atoms with Gasteiger partial charge in [-0.25, -0.2) is 13.8 Å². The number of nitrogens with one attached hydrogen (secondary N) is 1. The van der Waals surface area contributed by atoms with E-state index in [2.05, 4.69) is 12.0 Å². The highest BCUT2D eigenvalue weighted by Crippen LogP contribution is 2.45. The quantitative estimate of drug-likeness (QED) is 0.380. The number of piperazine rings is 1. The molecule has 5 rings (SSSR count). The topological polar surface area (TPSA) is 87.0 Å². The summed E-state index contributed by atoms with van der Waals surface area (Å²) in [6.07, 6.45) is 3.37. The summed E-state index contributed by atoms with van der Waals surface area (Å²) in [5.74, 6) is -1.11. The van der Waals surface area contributed by atoms with Crippen LogP contribution in [0.25, 0.3) is 10.9 Å². The van der Waals surface area contributed by atoms with E-state index >= 15 is 0 Å². The van der Waals surface area contributed by atoms with Gasteiger partial charge in [0.2, 0.25) is 5.43 Å². The second kappa shape index (κ2) is 11.7. The fourth-order valence-corrected chi connectivity index (χ4v) is 5.16. The van der Waals surface area contributed by atoms with E-state index in [0.29, 0.717) is 49.6 Å². The average Bonchev–Trinajstić information content (AvgIpc) is 3.71. The monoisotopic (exact) mass is 572 g/mol. The molecule has 2 heterocycles. The smallest absolute Gasteiger partial charge is 0.271 e. The number of amides is 1. The predicted octanol–water partition coefficient (Wildman–Crippen LogP) is 3.69. The van der Waals surface area contributed by atoms with E-state index in [0.717, 1.165) is 12.5 Å². The number of ether oxygens (including phenoxy) is 1. The molecule has 3 aromatic rings. The van der Waals surface area contributed by atoms with Crippen molar-refractivity contribution in [3.63, 3.8) is 0 Å². The molecule has 0 spiro atoms. The lowest BCUT2D eigenvalue weighted by atomic mass is 10.1. The first-order valence-corrected chi connectivity index (χ1v) is 13.5. The Bertz CT molecular complexity index is 1510. The van der Waals surface area contributed by atoms with E-state index in [1.54, 1.807) is 24.1 Å². The van der Waals surface area contributed by atoms with E-state index in [1.807, 2.05) is 15.5 Å². The number of aliphatic hydroxyl groups is 1. The molecule has 2 unspecified atom stereocenters. The van der Waals surface area contributed by atoms with Crippen molar-refractivity contribution in [1.29, 1.82) is 0 Å². The van der Waals surface area contributed by atoms with Crippen molar-refractivity contribution in [3.05, 3.63) is 87.2 Å². The van der Waals surface area contributed by atoms with Gasteiger partial charge in [0.15, 0.2) is 0 Å². The number of pyridine rings is 1. The molecule has 1 saturated heterocycles. The van der Waals surface area contributed by atoms with Crippen LogP contribution in [0.4, 0.5) is 8.78 Å². The number of aliphatic hydroxyl groups excluding tert-OH is 1. The Hall–Kier alpha value is -3.31. The molecule has 2 aromatic carbocycles. The molecule has 1 saturated carbocycles. The van der Waals surface area contributed by atoms with Gasteiger partial charge >= 0.3 is 0 Å². The fraction of sp³-hybridized carbons (Fsp3) is 0.379. The molecule has 1 aromatic heterocycles. The summed E-state index contributed by atoms with van der Waals surface area (Å²) >= 11 is 6.00. The van der Waals surface area contributed by atoms with Gasteiger partial charge in [0.1, 0.15) is 35.7 Å². The van der Waals surface area contributed by atoms with Gasteiger partial charge in [-0.2, -0.15) is 0 Å². The summed E-state index contributed by atoms with van der Waals surface area (Å²) in [6, 6.07) is 7.09. The van der Waals surface area contributed by atoms with Crippen LogP contribution in [0.3, 0.4) is 0 Å². The van der Waals surface area contributed by atoms with Crippen molar-refractivity contribution < 1.29 is 23.4 Å². The van der Waals surface area contributed by atoms with Crippen LogP contribution in [0.2, 0.25) is 5.02 Å². The van der Waals surface area contributed by atoms with E-state index in [9.17, 15) is 23.5 Å². The van der Waals surface area contributed by atoms with Gasteiger partial charge in [-0.3, -0.25) is 19.9 Å². The molecular weight excluding hydrogens is 542 g/mol. The van der Waals surface area contributed by atoms with Crippen molar-refractivity contribution in [1.82, 2.24) is 19.9 Å². The van der Waals surface area contributed by atoms with Crippen LogP contribution in [0, 0.1) is 24.5 Å². The number of aromatic nitrogens is 1. The summed E-state index contributed by atoms with van der Waals surface area (Å²) in [5, 5.41) is 12.1. The number of β-amino-alcohol motifs (C(OH)–C–C–N with tert-alkyl or cyclic N) is 1. The van der Waals surface area contributed by atoms with Crippen molar-refractivity contribution in [3.8, 4) is 5.75 Å². The Morgan fingerprint density at radius 2 is 1.98 bits per heavy atom. The van der Waals surface area contributed by atoms with Gasteiger partial charge in [-0.05, 0) is 43.0 Å². The molecule has 3 atom stereocenters. The van der Waals surface area contributed by atoms with Gasteiger partial charge in [0.05, 0.1) is 10.5 Å². The van der Waals surface area contributed by atoms with E-state index < -0.39 is 23.3 Å². The predicted molar refractivity (Wildman–Crippen MR) is 149 cm³/mol. The zero-order valence-electron chi connectivity index (χ0n) is 22.1. The van der Waals surface area contributed by atoms with Gasteiger partial charge in [-0.15, -0.1) is 6.58 Å². The maximum Gasteiger partial charge on any atom is 0.271 e. The van der Waals surface area contributed by atoms with Crippen LogP contribution in [-0.2, 0) is 0 Å².